The summed E-state index contributed by atoms with van der Waals surface area (Å²) < 4.78 is 2.89. The SMILES string of the molecule is C=C/C=C(/C#Cc1ccncc1)n1c(C)nc(C(C)NC(=O)c2c(N)nn3cccnc23)c(-c2ccccc2)c1=O. The Kier molecular flexibility index (Phi) is 7.52. The van der Waals surface area contributed by atoms with E-state index in [1.807, 2.05) is 30.3 Å². The van der Waals surface area contributed by atoms with E-state index in [2.05, 4.69) is 38.8 Å². The van der Waals surface area contributed by atoms with Crippen molar-refractivity contribution < 1.29 is 4.79 Å². The second-order valence-corrected chi connectivity index (χ2v) is 9.04. The molecule has 0 aliphatic heterocycles. The molecule has 5 aromatic rings. The number of aryl methyl sites for hydroxylation is 1. The number of anilines is 1. The lowest BCUT2D eigenvalue weighted by molar-refractivity contribution is 0.0941. The average Bonchev–Trinajstić information content (AvgIpc) is 3.32. The molecule has 1 atom stereocenters. The van der Waals surface area contributed by atoms with E-state index in [-0.39, 0.29) is 16.9 Å². The summed E-state index contributed by atoms with van der Waals surface area (Å²) in [6.45, 7) is 7.27. The molecule has 0 aliphatic carbocycles. The van der Waals surface area contributed by atoms with Crippen molar-refractivity contribution in [1.29, 1.82) is 0 Å². The van der Waals surface area contributed by atoms with Gasteiger partial charge in [0, 0.05) is 30.4 Å². The number of carbonyl (C=O) groups excluding carboxylic acids is 1. The molecule has 5 rings (SSSR count). The summed E-state index contributed by atoms with van der Waals surface area (Å²) in [6.07, 6.45) is 9.73. The van der Waals surface area contributed by atoms with E-state index in [0.29, 0.717) is 34.0 Å². The molecule has 1 amide bonds. The van der Waals surface area contributed by atoms with E-state index < -0.39 is 11.9 Å². The Bertz CT molecular complexity index is 1910. The topological polar surface area (TPSA) is 133 Å². The van der Waals surface area contributed by atoms with Crippen LogP contribution >= 0.6 is 0 Å². The number of amides is 1. The van der Waals surface area contributed by atoms with Gasteiger partial charge in [0.1, 0.15) is 17.1 Å². The molecule has 0 saturated heterocycles. The highest BCUT2D eigenvalue weighted by atomic mass is 16.2. The molecule has 4 aromatic heterocycles. The Hall–Kier alpha value is -5.82. The van der Waals surface area contributed by atoms with Crippen LogP contribution in [0.4, 0.5) is 5.82 Å². The van der Waals surface area contributed by atoms with Crippen LogP contribution in [0.3, 0.4) is 0 Å². The Morgan fingerprint density at radius 2 is 1.88 bits per heavy atom. The van der Waals surface area contributed by atoms with Crippen LogP contribution in [0.25, 0.3) is 22.5 Å². The van der Waals surface area contributed by atoms with Crippen LogP contribution in [0.5, 0.6) is 0 Å². The van der Waals surface area contributed by atoms with Crippen molar-refractivity contribution in [2.45, 2.75) is 19.9 Å². The van der Waals surface area contributed by atoms with Gasteiger partial charge in [-0.05, 0) is 49.6 Å². The van der Waals surface area contributed by atoms with Gasteiger partial charge in [-0.3, -0.25) is 19.1 Å². The number of hydrogen-bond acceptors (Lipinski definition) is 7. The monoisotopic (exact) mass is 542 g/mol. The quantitative estimate of drug-likeness (QED) is 0.246. The lowest BCUT2D eigenvalue weighted by atomic mass is 10.0. The number of benzene rings is 1. The fourth-order valence-electron chi connectivity index (χ4n) is 4.44. The van der Waals surface area contributed by atoms with Crippen LogP contribution in [0.2, 0.25) is 0 Å². The number of nitrogen functional groups attached to an aromatic ring is 1. The number of rotatable bonds is 6. The Morgan fingerprint density at radius 1 is 1.12 bits per heavy atom. The average molecular weight is 543 g/mol. The van der Waals surface area contributed by atoms with Gasteiger partial charge in [-0.15, -0.1) is 5.10 Å². The summed E-state index contributed by atoms with van der Waals surface area (Å²) in [6, 6.07) is 13.7. The van der Waals surface area contributed by atoms with Crippen molar-refractivity contribution in [3.8, 4) is 23.0 Å². The van der Waals surface area contributed by atoms with E-state index in [4.69, 9.17) is 10.7 Å². The molecular weight excluding hydrogens is 516 g/mol. The van der Waals surface area contributed by atoms with Crippen molar-refractivity contribution in [1.82, 2.24) is 34.4 Å². The van der Waals surface area contributed by atoms with Gasteiger partial charge >= 0.3 is 0 Å². The highest BCUT2D eigenvalue weighted by Crippen LogP contribution is 2.26. The van der Waals surface area contributed by atoms with Gasteiger partial charge < -0.3 is 11.1 Å². The molecule has 0 radical (unpaired) electrons. The fraction of sp³-hybridized carbons (Fsp3) is 0.0968. The second kappa shape index (κ2) is 11.5. The minimum absolute atomic E-state index is 0.0446. The summed E-state index contributed by atoms with van der Waals surface area (Å²) >= 11 is 0. The zero-order chi connectivity index (χ0) is 28.9. The first-order valence-electron chi connectivity index (χ1n) is 12.7. The zero-order valence-corrected chi connectivity index (χ0v) is 22.4. The van der Waals surface area contributed by atoms with Crippen LogP contribution in [0, 0.1) is 18.8 Å². The predicted molar refractivity (Wildman–Crippen MR) is 158 cm³/mol. The molecule has 0 fully saturated rings. The minimum Gasteiger partial charge on any atom is -0.381 e. The first kappa shape index (κ1) is 26.8. The number of nitrogens with two attached hydrogens (primary N) is 1. The molecule has 4 heterocycles. The number of carbonyl (C=O) groups is 1. The Morgan fingerprint density at radius 3 is 2.61 bits per heavy atom. The molecule has 3 N–H and O–H groups in total. The fourth-order valence-corrected chi connectivity index (χ4v) is 4.44. The number of fused-ring (bicyclic) bond motifs is 1. The molecule has 10 heteroatoms. The van der Waals surface area contributed by atoms with Gasteiger partial charge in [-0.25, -0.2) is 14.5 Å². The number of nitrogens with zero attached hydrogens (tertiary/aromatic N) is 6. The maximum absolute atomic E-state index is 14.2. The lowest BCUT2D eigenvalue weighted by Gasteiger charge is -2.20. The van der Waals surface area contributed by atoms with Crippen molar-refractivity contribution in [3.05, 3.63) is 125 Å². The van der Waals surface area contributed by atoms with Gasteiger partial charge in [0.05, 0.1) is 17.3 Å². The van der Waals surface area contributed by atoms with Crippen LogP contribution in [-0.2, 0) is 0 Å². The third kappa shape index (κ3) is 5.37. The highest BCUT2D eigenvalue weighted by Gasteiger charge is 2.26. The van der Waals surface area contributed by atoms with Crippen molar-refractivity contribution in [3.63, 3.8) is 0 Å². The number of pyridine rings is 1. The maximum atomic E-state index is 14.2. The van der Waals surface area contributed by atoms with Crippen LogP contribution in [0.1, 0.15) is 40.4 Å². The molecule has 41 heavy (non-hydrogen) atoms. The molecule has 0 aliphatic rings. The van der Waals surface area contributed by atoms with E-state index in [1.165, 1.54) is 9.08 Å². The standard InChI is InChI=1S/C31H26N8O2/c1-4-9-24(13-12-22-14-17-33-18-15-22)39-21(3)36-27(25(31(39)41)23-10-6-5-7-11-23)20(2)35-30(40)26-28(32)37-38-19-8-16-34-29(26)38/h4-11,14-20H,1H2,2-3H3,(H2,32,37)(H,35,40)/b24-9-. The third-order valence-corrected chi connectivity index (χ3v) is 6.28. The minimum atomic E-state index is -0.674. The normalized spacial score (nSPS) is 11.9. The molecule has 1 aromatic carbocycles. The largest absolute Gasteiger partial charge is 0.381 e. The van der Waals surface area contributed by atoms with Gasteiger partial charge in [0.2, 0.25) is 0 Å². The molecule has 0 bridgehead atoms. The second-order valence-electron chi connectivity index (χ2n) is 9.04. The van der Waals surface area contributed by atoms with Crippen molar-refractivity contribution in [2.24, 2.45) is 0 Å². The zero-order valence-electron chi connectivity index (χ0n) is 22.4. The maximum Gasteiger partial charge on any atom is 0.266 e. The van der Waals surface area contributed by atoms with E-state index in [1.54, 1.807) is 69.0 Å². The van der Waals surface area contributed by atoms with Gasteiger partial charge in [-0.2, -0.15) is 0 Å². The molecule has 1 unspecified atom stereocenters. The molecule has 0 saturated carbocycles. The van der Waals surface area contributed by atoms with Crippen LogP contribution < -0.4 is 16.6 Å². The van der Waals surface area contributed by atoms with Crippen molar-refractivity contribution >= 4 is 23.1 Å². The summed E-state index contributed by atoms with van der Waals surface area (Å²) in [5.41, 5.74) is 8.70. The molecular formula is C31H26N8O2. The lowest BCUT2D eigenvalue weighted by Crippen LogP contribution is -2.32. The Labute approximate surface area is 235 Å². The van der Waals surface area contributed by atoms with Gasteiger partial charge in [0.25, 0.3) is 11.5 Å². The van der Waals surface area contributed by atoms with Gasteiger partial charge in [-0.1, -0.05) is 48.9 Å². The summed E-state index contributed by atoms with van der Waals surface area (Å²) in [7, 11) is 0. The van der Waals surface area contributed by atoms with E-state index in [0.717, 1.165) is 5.56 Å². The van der Waals surface area contributed by atoms with Gasteiger partial charge in [0.15, 0.2) is 11.5 Å². The number of allylic oxidation sites excluding steroid dienone is 3. The van der Waals surface area contributed by atoms with E-state index in [9.17, 15) is 9.59 Å². The first-order chi connectivity index (χ1) is 19.9. The number of nitrogens with one attached hydrogen (secondary N) is 1. The first-order valence-corrected chi connectivity index (χ1v) is 12.7. The third-order valence-electron chi connectivity index (χ3n) is 6.28. The van der Waals surface area contributed by atoms with E-state index >= 15 is 0 Å². The van der Waals surface area contributed by atoms with Crippen LogP contribution in [-0.4, -0.2) is 35.0 Å². The highest BCUT2D eigenvalue weighted by molar-refractivity contribution is 6.04. The molecule has 0 spiro atoms. The molecule has 10 nitrogen and oxygen atoms in total. The summed E-state index contributed by atoms with van der Waals surface area (Å²) in [5.74, 6) is 6.09. The molecule has 202 valence electrons. The summed E-state index contributed by atoms with van der Waals surface area (Å²) in [5, 5.41) is 7.10. The van der Waals surface area contributed by atoms with Crippen LogP contribution in [0.15, 0.2) is 96.8 Å². The summed E-state index contributed by atoms with van der Waals surface area (Å²) in [4.78, 5) is 40.7. The smallest absolute Gasteiger partial charge is 0.266 e. The Balaban J connectivity index is 1.61. The number of aromatic nitrogens is 6. The van der Waals surface area contributed by atoms with Crippen molar-refractivity contribution in [2.75, 3.05) is 5.73 Å². The predicted octanol–water partition coefficient (Wildman–Crippen LogP) is 3.81. The number of hydrogen-bond donors (Lipinski definition) is 2.